The van der Waals surface area contributed by atoms with Crippen molar-refractivity contribution in [3.8, 4) is 5.69 Å². The number of nitrogens with one attached hydrogen (secondary N) is 1. The highest BCUT2D eigenvalue weighted by molar-refractivity contribution is 7.14. The van der Waals surface area contributed by atoms with Gasteiger partial charge in [0.2, 0.25) is 4.96 Å². The Morgan fingerprint density at radius 3 is 2.88 bits per heavy atom. The summed E-state index contributed by atoms with van der Waals surface area (Å²) in [5, 5.41) is 14.9. The lowest BCUT2D eigenvalue weighted by molar-refractivity contribution is 0.0934. The van der Waals surface area contributed by atoms with Crippen LogP contribution in [0.4, 0.5) is 0 Å². The molecular weight excluding hydrogens is 326 g/mol. The molecule has 1 N–H and O–H groups in total. The van der Waals surface area contributed by atoms with Gasteiger partial charge in [0.1, 0.15) is 5.51 Å². The summed E-state index contributed by atoms with van der Waals surface area (Å²) in [5.41, 5.74) is 3.57. The predicted molar refractivity (Wildman–Crippen MR) is 88.1 cm³/mol. The van der Waals surface area contributed by atoms with E-state index in [1.54, 1.807) is 27.1 Å². The van der Waals surface area contributed by atoms with Crippen LogP contribution in [0.1, 0.15) is 29.1 Å². The van der Waals surface area contributed by atoms with Gasteiger partial charge in [-0.3, -0.25) is 4.79 Å². The number of para-hydroxylation sites is 1. The summed E-state index contributed by atoms with van der Waals surface area (Å²) in [7, 11) is 0. The molecule has 8 nitrogen and oxygen atoms in total. The minimum absolute atomic E-state index is 0.254. The molecule has 1 atom stereocenters. The number of hydrogen-bond acceptors (Lipinski definition) is 6. The number of nitrogens with zero attached hydrogens (tertiary/aromatic N) is 6. The van der Waals surface area contributed by atoms with E-state index < -0.39 is 0 Å². The standard InChI is InChI=1S/C15H13N7OS/c1-10(12-7-22-15(18-12)24-9-16-22)17-14(23)13-8-21(20-19-13)11-5-3-2-4-6-11/h2-10H,1H3,(H,17,23). The summed E-state index contributed by atoms with van der Waals surface area (Å²) >= 11 is 1.44. The fraction of sp³-hybridized carbons (Fsp3) is 0.133. The third-order valence-corrected chi connectivity index (χ3v) is 4.23. The molecule has 1 aromatic carbocycles. The fourth-order valence-electron chi connectivity index (χ4n) is 2.28. The number of rotatable bonds is 4. The fourth-order valence-corrected chi connectivity index (χ4v) is 2.89. The molecule has 0 aliphatic rings. The van der Waals surface area contributed by atoms with Crippen molar-refractivity contribution in [3.63, 3.8) is 0 Å². The Labute approximate surface area is 140 Å². The summed E-state index contributed by atoms with van der Waals surface area (Å²) < 4.78 is 3.25. The van der Waals surface area contributed by atoms with Crippen molar-refractivity contribution >= 4 is 22.2 Å². The van der Waals surface area contributed by atoms with Crippen molar-refractivity contribution in [2.75, 3.05) is 0 Å². The summed E-state index contributed by atoms with van der Waals surface area (Å²) in [6.45, 7) is 1.87. The lowest BCUT2D eigenvalue weighted by atomic mass is 10.2. The highest BCUT2D eigenvalue weighted by Crippen LogP contribution is 2.15. The number of fused-ring (bicyclic) bond motifs is 1. The van der Waals surface area contributed by atoms with Crippen LogP contribution >= 0.6 is 11.3 Å². The molecule has 1 unspecified atom stereocenters. The molecular formula is C15H13N7OS. The summed E-state index contributed by atoms with van der Waals surface area (Å²) in [6, 6.07) is 9.25. The first kappa shape index (κ1) is 14.5. The molecule has 0 radical (unpaired) electrons. The molecule has 9 heteroatoms. The van der Waals surface area contributed by atoms with Gasteiger partial charge in [0, 0.05) is 0 Å². The molecule has 0 fully saturated rings. The van der Waals surface area contributed by atoms with Gasteiger partial charge in [-0.25, -0.2) is 14.2 Å². The van der Waals surface area contributed by atoms with Crippen molar-refractivity contribution in [1.82, 2.24) is 34.9 Å². The second-order valence-electron chi connectivity index (χ2n) is 5.21. The largest absolute Gasteiger partial charge is 0.342 e. The quantitative estimate of drug-likeness (QED) is 0.613. The first-order valence-corrected chi connectivity index (χ1v) is 8.16. The van der Waals surface area contributed by atoms with E-state index in [1.807, 2.05) is 37.3 Å². The molecule has 0 spiro atoms. The molecule has 3 aromatic heterocycles. The van der Waals surface area contributed by atoms with Gasteiger partial charge >= 0.3 is 0 Å². The smallest absolute Gasteiger partial charge is 0.274 e. The lowest BCUT2D eigenvalue weighted by Gasteiger charge is -2.09. The van der Waals surface area contributed by atoms with Crippen LogP contribution in [0, 0.1) is 0 Å². The number of hydrogen-bond donors (Lipinski definition) is 1. The zero-order valence-corrected chi connectivity index (χ0v) is 13.5. The van der Waals surface area contributed by atoms with Crippen molar-refractivity contribution in [2.45, 2.75) is 13.0 Å². The number of amides is 1. The number of benzene rings is 1. The van der Waals surface area contributed by atoms with Gasteiger partial charge in [0.05, 0.1) is 29.8 Å². The zero-order chi connectivity index (χ0) is 16.5. The topological polar surface area (TPSA) is 90.0 Å². The molecule has 0 saturated heterocycles. The lowest BCUT2D eigenvalue weighted by Crippen LogP contribution is -2.27. The van der Waals surface area contributed by atoms with Crippen molar-refractivity contribution in [2.24, 2.45) is 0 Å². The van der Waals surface area contributed by atoms with Gasteiger partial charge in [-0.15, -0.1) is 5.10 Å². The van der Waals surface area contributed by atoms with E-state index in [-0.39, 0.29) is 17.6 Å². The summed E-state index contributed by atoms with van der Waals surface area (Å²) in [6.07, 6.45) is 3.41. The van der Waals surface area contributed by atoms with Gasteiger partial charge < -0.3 is 5.32 Å². The van der Waals surface area contributed by atoms with Gasteiger partial charge in [-0.1, -0.05) is 34.7 Å². The summed E-state index contributed by atoms with van der Waals surface area (Å²) in [4.78, 5) is 17.6. The van der Waals surface area contributed by atoms with E-state index >= 15 is 0 Å². The van der Waals surface area contributed by atoms with E-state index in [0.29, 0.717) is 0 Å². The number of imidazole rings is 1. The Hall–Kier alpha value is -3.07. The Balaban J connectivity index is 1.50. The van der Waals surface area contributed by atoms with Gasteiger partial charge in [0.15, 0.2) is 5.69 Å². The van der Waals surface area contributed by atoms with Crippen LogP contribution in [0.3, 0.4) is 0 Å². The maximum Gasteiger partial charge on any atom is 0.274 e. The first-order valence-electron chi connectivity index (χ1n) is 7.28. The number of carbonyl (C=O) groups excluding carboxylic acids is 1. The Morgan fingerprint density at radius 2 is 2.08 bits per heavy atom. The van der Waals surface area contributed by atoms with Crippen LogP contribution in [-0.2, 0) is 0 Å². The molecule has 4 rings (SSSR count). The summed E-state index contributed by atoms with van der Waals surface area (Å²) in [5.74, 6) is -0.297. The molecule has 24 heavy (non-hydrogen) atoms. The Bertz CT molecular complexity index is 959. The second kappa shape index (κ2) is 5.85. The van der Waals surface area contributed by atoms with Crippen molar-refractivity contribution in [3.05, 3.63) is 59.6 Å². The highest BCUT2D eigenvalue weighted by Gasteiger charge is 2.17. The Morgan fingerprint density at radius 1 is 1.25 bits per heavy atom. The van der Waals surface area contributed by atoms with E-state index in [0.717, 1.165) is 16.3 Å². The molecule has 120 valence electrons. The predicted octanol–water partition coefficient (Wildman–Crippen LogP) is 1.86. The highest BCUT2D eigenvalue weighted by atomic mass is 32.1. The minimum Gasteiger partial charge on any atom is -0.342 e. The third kappa shape index (κ3) is 2.65. The normalized spacial score (nSPS) is 12.4. The molecule has 1 amide bonds. The average Bonchev–Trinajstić information content (AvgIpc) is 3.31. The molecule has 0 saturated carbocycles. The van der Waals surface area contributed by atoms with E-state index in [1.165, 1.54) is 11.3 Å². The first-order chi connectivity index (χ1) is 11.7. The monoisotopic (exact) mass is 339 g/mol. The second-order valence-corrected chi connectivity index (χ2v) is 6.02. The van der Waals surface area contributed by atoms with Crippen LogP contribution in [0.15, 0.2) is 48.2 Å². The van der Waals surface area contributed by atoms with Gasteiger partial charge in [-0.2, -0.15) is 5.10 Å². The van der Waals surface area contributed by atoms with Gasteiger partial charge in [-0.05, 0) is 19.1 Å². The van der Waals surface area contributed by atoms with Gasteiger partial charge in [0.25, 0.3) is 5.91 Å². The van der Waals surface area contributed by atoms with E-state index in [4.69, 9.17) is 0 Å². The van der Waals surface area contributed by atoms with Crippen LogP contribution in [0.2, 0.25) is 0 Å². The number of carbonyl (C=O) groups is 1. The van der Waals surface area contributed by atoms with E-state index in [2.05, 4.69) is 25.7 Å². The maximum atomic E-state index is 12.4. The van der Waals surface area contributed by atoms with Crippen LogP contribution in [0.25, 0.3) is 10.6 Å². The van der Waals surface area contributed by atoms with Crippen LogP contribution in [0.5, 0.6) is 0 Å². The van der Waals surface area contributed by atoms with E-state index in [9.17, 15) is 4.79 Å². The SMILES string of the molecule is CC(NC(=O)c1cn(-c2ccccc2)nn1)c1cn2ncsc2n1. The third-order valence-electron chi connectivity index (χ3n) is 3.54. The molecule has 0 aliphatic heterocycles. The maximum absolute atomic E-state index is 12.4. The average molecular weight is 339 g/mol. The zero-order valence-electron chi connectivity index (χ0n) is 12.7. The Kier molecular flexibility index (Phi) is 3.54. The molecule has 0 aliphatic carbocycles. The van der Waals surface area contributed by atoms with Crippen molar-refractivity contribution in [1.29, 1.82) is 0 Å². The van der Waals surface area contributed by atoms with Crippen LogP contribution in [-0.4, -0.2) is 35.5 Å². The number of aromatic nitrogens is 6. The molecule has 4 aromatic rings. The minimum atomic E-state index is -0.297. The molecule has 3 heterocycles. The van der Waals surface area contributed by atoms with Crippen LogP contribution < -0.4 is 5.32 Å². The molecule has 0 bridgehead atoms. The van der Waals surface area contributed by atoms with Crippen molar-refractivity contribution < 1.29 is 4.79 Å².